The molecule has 0 atom stereocenters. The van der Waals surface area contributed by atoms with Gasteiger partial charge in [0, 0.05) is 16.6 Å². The molecule has 1 aliphatic heterocycles. The molecule has 0 radical (unpaired) electrons. The maximum Gasteiger partial charge on any atom is 0.266 e. The molecule has 3 rings (SSSR count). The third-order valence-electron chi connectivity index (χ3n) is 3.69. The van der Waals surface area contributed by atoms with E-state index in [4.69, 9.17) is 17.0 Å². The minimum atomic E-state index is -0.0496. The van der Waals surface area contributed by atoms with E-state index in [2.05, 4.69) is 15.9 Å². The summed E-state index contributed by atoms with van der Waals surface area (Å²) in [7, 11) is 0. The first-order valence-corrected chi connectivity index (χ1v) is 9.82. The average molecular weight is 434 g/mol. The van der Waals surface area contributed by atoms with Crippen molar-refractivity contribution in [2.45, 2.75) is 13.5 Å². The van der Waals surface area contributed by atoms with Gasteiger partial charge in [-0.25, -0.2) is 0 Å². The van der Waals surface area contributed by atoms with Crippen LogP contribution in [-0.4, -0.2) is 21.7 Å². The number of thioether (sulfide) groups is 1. The van der Waals surface area contributed by atoms with E-state index in [0.29, 0.717) is 22.4 Å². The maximum atomic E-state index is 12.4. The van der Waals surface area contributed by atoms with E-state index in [0.717, 1.165) is 21.3 Å². The van der Waals surface area contributed by atoms with Crippen molar-refractivity contribution >= 4 is 56.2 Å². The van der Waals surface area contributed by atoms with Gasteiger partial charge in [-0.15, -0.1) is 0 Å². The van der Waals surface area contributed by atoms with E-state index in [1.54, 1.807) is 4.90 Å². The minimum absolute atomic E-state index is 0.0496. The van der Waals surface area contributed by atoms with Crippen LogP contribution < -0.4 is 4.74 Å². The Labute approximate surface area is 165 Å². The quantitative estimate of drug-likeness (QED) is 0.475. The van der Waals surface area contributed by atoms with Crippen molar-refractivity contribution in [3.05, 3.63) is 69.0 Å². The lowest BCUT2D eigenvalue weighted by Crippen LogP contribution is -2.27. The summed E-state index contributed by atoms with van der Waals surface area (Å²) in [6.07, 6.45) is 1.85. The average Bonchev–Trinajstić information content (AvgIpc) is 2.88. The number of halogens is 1. The summed E-state index contributed by atoms with van der Waals surface area (Å²) in [5, 5.41) is 0. The largest absolute Gasteiger partial charge is 0.488 e. The fourth-order valence-electron chi connectivity index (χ4n) is 2.41. The Morgan fingerprint density at radius 1 is 1.24 bits per heavy atom. The van der Waals surface area contributed by atoms with Gasteiger partial charge in [0.1, 0.15) is 16.7 Å². The minimum Gasteiger partial charge on any atom is -0.488 e. The van der Waals surface area contributed by atoms with E-state index >= 15 is 0 Å². The van der Waals surface area contributed by atoms with Crippen molar-refractivity contribution in [2.75, 3.05) is 6.54 Å². The number of hydrogen-bond acceptors (Lipinski definition) is 4. The topological polar surface area (TPSA) is 29.5 Å². The number of amides is 1. The Kier molecular flexibility index (Phi) is 5.93. The molecule has 2 aromatic carbocycles. The monoisotopic (exact) mass is 433 g/mol. The van der Waals surface area contributed by atoms with Gasteiger partial charge in [-0.3, -0.25) is 9.69 Å². The number of rotatable bonds is 5. The Morgan fingerprint density at radius 3 is 2.68 bits per heavy atom. The summed E-state index contributed by atoms with van der Waals surface area (Å²) in [4.78, 5) is 14.6. The van der Waals surface area contributed by atoms with E-state index in [-0.39, 0.29) is 5.91 Å². The van der Waals surface area contributed by atoms with Crippen molar-refractivity contribution in [1.82, 2.24) is 4.90 Å². The van der Waals surface area contributed by atoms with Gasteiger partial charge >= 0.3 is 0 Å². The lowest BCUT2D eigenvalue weighted by molar-refractivity contribution is -0.121. The lowest BCUT2D eigenvalue weighted by Gasteiger charge is -2.11. The Morgan fingerprint density at radius 2 is 2.00 bits per heavy atom. The van der Waals surface area contributed by atoms with Gasteiger partial charge in [0.25, 0.3) is 5.91 Å². The number of hydrogen-bond donors (Lipinski definition) is 0. The van der Waals surface area contributed by atoms with E-state index < -0.39 is 0 Å². The second-order valence-corrected chi connectivity index (χ2v) is 7.97. The normalized spacial score (nSPS) is 15.9. The molecule has 25 heavy (non-hydrogen) atoms. The molecule has 0 spiro atoms. The van der Waals surface area contributed by atoms with Crippen LogP contribution in [-0.2, 0) is 11.4 Å². The van der Waals surface area contributed by atoms with Crippen LogP contribution in [0.5, 0.6) is 5.75 Å². The predicted molar refractivity (Wildman–Crippen MR) is 110 cm³/mol. The lowest BCUT2D eigenvalue weighted by atomic mass is 10.1. The molecule has 0 N–H and O–H groups in total. The van der Waals surface area contributed by atoms with Gasteiger partial charge in [0.15, 0.2) is 0 Å². The molecule has 6 heteroatoms. The number of carbonyl (C=O) groups excluding carboxylic acids is 1. The van der Waals surface area contributed by atoms with Crippen LogP contribution >= 0.6 is 39.9 Å². The fraction of sp³-hybridized carbons (Fsp3) is 0.158. The number of benzene rings is 2. The summed E-state index contributed by atoms with van der Waals surface area (Å²) in [6, 6.07) is 15.8. The Hall–Kier alpha value is -1.63. The highest BCUT2D eigenvalue weighted by atomic mass is 79.9. The summed E-state index contributed by atoms with van der Waals surface area (Å²) in [5.74, 6) is 0.681. The first-order chi connectivity index (χ1) is 12.1. The molecule has 2 aromatic rings. The van der Waals surface area contributed by atoms with E-state index in [1.807, 2.05) is 61.5 Å². The highest BCUT2D eigenvalue weighted by molar-refractivity contribution is 9.10. The van der Waals surface area contributed by atoms with Gasteiger partial charge in [-0.2, -0.15) is 0 Å². The van der Waals surface area contributed by atoms with Gasteiger partial charge in [-0.1, -0.05) is 70.2 Å². The van der Waals surface area contributed by atoms with E-state index in [9.17, 15) is 4.79 Å². The molecule has 0 unspecified atom stereocenters. The third-order valence-corrected chi connectivity index (χ3v) is 5.56. The molecule has 3 nitrogen and oxygen atoms in total. The highest BCUT2D eigenvalue weighted by Gasteiger charge is 2.30. The highest BCUT2D eigenvalue weighted by Crippen LogP contribution is 2.35. The van der Waals surface area contributed by atoms with Gasteiger partial charge in [0.05, 0.1) is 4.91 Å². The number of thiocarbonyl (C=S) groups is 1. The molecule has 1 fully saturated rings. The zero-order valence-electron chi connectivity index (χ0n) is 13.6. The molecule has 0 saturated carbocycles. The molecule has 1 aliphatic rings. The van der Waals surface area contributed by atoms with Crippen LogP contribution in [0.15, 0.2) is 57.9 Å². The van der Waals surface area contributed by atoms with Crippen molar-refractivity contribution in [2.24, 2.45) is 0 Å². The molecule has 0 bridgehead atoms. The molecule has 128 valence electrons. The van der Waals surface area contributed by atoms with Gasteiger partial charge in [0.2, 0.25) is 0 Å². The Bertz CT molecular complexity index is 837. The van der Waals surface area contributed by atoms with Crippen molar-refractivity contribution in [3.63, 3.8) is 0 Å². The zero-order chi connectivity index (χ0) is 17.8. The van der Waals surface area contributed by atoms with Crippen LogP contribution in [0.3, 0.4) is 0 Å². The number of ether oxygens (including phenoxy) is 1. The van der Waals surface area contributed by atoms with Crippen LogP contribution in [0.25, 0.3) is 6.08 Å². The maximum absolute atomic E-state index is 12.4. The van der Waals surface area contributed by atoms with Crippen LogP contribution in [0.1, 0.15) is 18.1 Å². The molecular weight excluding hydrogens is 418 g/mol. The molecule has 1 amide bonds. The summed E-state index contributed by atoms with van der Waals surface area (Å²) in [5.41, 5.74) is 1.94. The van der Waals surface area contributed by atoms with Crippen LogP contribution in [0.2, 0.25) is 0 Å². The fourth-order valence-corrected chi connectivity index (χ4v) is 4.17. The standard InChI is InChI=1S/C19H16BrNO2S2/c1-2-21-18(22)17(25-19(21)24)11-14-10-15(20)8-9-16(14)23-12-13-6-4-3-5-7-13/h3-11H,2,12H2,1H3/b17-11+. The van der Waals surface area contributed by atoms with Crippen LogP contribution in [0, 0.1) is 0 Å². The predicted octanol–water partition coefficient (Wildman–Crippen LogP) is 5.25. The molecule has 0 aromatic heterocycles. The summed E-state index contributed by atoms with van der Waals surface area (Å²) < 4.78 is 7.50. The number of nitrogens with zero attached hydrogens (tertiary/aromatic N) is 1. The van der Waals surface area contributed by atoms with Gasteiger partial charge in [-0.05, 0) is 36.8 Å². The smallest absolute Gasteiger partial charge is 0.266 e. The molecular formula is C19H16BrNO2S2. The molecule has 1 saturated heterocycles. The van der Waals surface area contributed by atoms with Gasteiger partial charge < -0.3 is 4.74 Å². The second-order valence-electron chi connectivity index (χ2n) is 5.38. The van der Waals surface area contributed by atoms with Crippen LogP contribution in [0.4, 0.5) is 0 Å². The summed E-state index contributed by atoms with van der Waals surface area (Å²) >= 11 is 10.1. The molecule has 1 heterocycles. The SMILES string of the molecule is CCN1C(=O)/C(=C\c2cc(Br)ccc2OCc2ccccc2)SC1=S. The second kappa shape index (κ2) is 8.17. The zero-order valence-corrected chi connectivity index (χ0v) is 16.8. The van der Waals surface area contributed by atoms with Crippen molar-refractivity contribution in [1.29, 1.82) is 0 Å². The van der Waals surface area contributed by atoms with Crippen molar-refractivity contribution < 1.29 is 9.53 Å². The first-order valence-electron chi connectivity index (χ1n) is 7.80. The summed E-state index contributed by atoms with van der Waals surface area (Å²) in [6.45, 7) is 2.97. The number of likely N-dealkylation sites (N-methyl/N-ethyl adjacent to an activating group) is 1. The first kappa shape index (κ1) is 18.2. The third kappa shape index (κ3) is 4.32. The van der Waals surface area contributed by atoms with E-state index in [1.165, 1.54) is 11.8 Å². The Balaban J connectivity index is 1.86. The molecule has 0 aliphatic carbocycles. The number of carbonyl (C=O) groups is 1. The van der Waals surface area contributed by atoms with Crippen molar-refractivity contribution in [3.8, 4) is 5.75 Å².